The molecule has 0 saturated heterocycles. The van der Waals surface area contributed by atoms with Crippen LogP contribution in [0.5, 0.6) is 5.75 Å². The minimum absolute atomic E-state index is 0.0386. The molecule has 0 spiro atoms. The molecule has 0 fully saturated rings. The molecule has 7 heteroatoms. The summed E-state index contributed by atoms with van der Waals surface area (Å²) >= 11 is 1.58. The molecular formula is C28H31N3O3S. The van der Waals surface area contributed by atoms with Crippen molar-refractivity contribution < 1.29 is 9.53 Å². The van der Waals surface area contributed by atoms with Crippen LogP contribution in [0.2, 0.25) is 0 Å². The Morgan fingerprint density at radius 2 is 1.83 bits per heavy atom. The van der Waals surface area contributed by atoms with Crippen LogP contribution in [0.15, 0.2) is 70.8 Å². The molecular weight excluding hydrogens is 458 g/mol. The number of rotatable bonds is 9. The summed E-state index contributed by atoms with van der Waals surface area (Å²) in [6, 6.07) is 18.3. The Labute approximate surface area is 209 Å². The second kappa shape index (κ2) is 10.9. The third-order valence-corrected chi connectivity index (χ3v) is 6.86. The van der Waals surface area contributed by atoms with E-state index in [1.165, 1.54) is 0 Å². The number of aromatic nitrogens is 2. The quantitative estimate of drug-likeness (QED) is 0.305. The predicted octanol–water partition coefficient (Wildman–Crippen LogP) is 5.63. The van der Waals surface area contributed by atoms with Gasteiger partial charge in [0.25, 0.3) is 5.56 Å². The molecule has 1 unspecified atom stereocenters. The largest absolute Gasteiger partial charge is 0.497 e. The lowest BCUT2D eigenvalue weighted by molar-refractivity contribution is -0.133. The number of amides is 1. The maximum Gasteiger partial charge on any atom is 0.266 e. The van der Waals surface area contributed by atoms with E-state index in [1.807, 2.05) is 71.8 Å². The molecule has 0 N–H and O–H groups in total. The second-order valence-corrected chi connectivity index (χ2v) is 9.98. The average Bonchev–Trinajstić information content (AvgIpc) is 3.37. The van der Waals surface area contributed by atoms with Crippen molar-refractivity contribution in [2.24, 2.45) is 5.92 Å². The van der Waals surface area contributed by atoms with Gasteiger partial charge in [0.1, 0.15) is 11.6 Å². The minimum atomic E-state index is -0.357. The molecule has 182 valence electrons. The molecule has 0 aliphatic rings. The molecule has 1 atom stereocenters. The Morgan fingerprint density at radius 3 is 2.46 bits per heavy atom. The van der Waals surface area contributed by atoms with Crippen LogP contribution < -0.4 is 10.3 Å². The number of hydrogen-bond donors (Lipinski definition) is 0. The van der Waals surface area contributed by atoms with Crippen LogP contribution in [0.4, 0.5) is 0 Å². The Hall–Kier alpha value is -3.45. The van der Waals surface area contributed by atoms with Gasteiger partial charge >= 0.3 is 0 Å². The fraction of sp³-hybridized carbons (Fsp3) is 0.321. The fourth-order valence-electron chi connectivity index (χ4n) is 4.36. The van der Waals surface area contributed by atoms with Gasteiger partial charge in [0.2, 0.25) is 5.91 Å². The van der Waals surface area contributed by atoms with Crippen molar-refractivity contribution in [3.63, 3.8) is 0 Å². The van der Waals surface area contributed by atoms with E-state index in [9.17, 15) is 9.59 Å². The van der Waals surface area contributed by atoms with Crippen molar-refractivity contribution in [1.29, 1.82) is 0 Å². The van der Waals surface area contributed by atoms with Gasteiger partial charge in [-0.2, -0.15) is 0 Å². The van der Waals surface area contributed by atoms with E-state index in [0.717, 1.165) is 4.88 Å². The predicted molar refractivity (Wildman–Crippen MR) is 141 cm³/mol. The summed E-state index contributed by atoms with van der Waals surface area (Å²) in [5.41, 5.74) is 1.17. The third kappa shape index (κ3) is 5.30. The van der Waals surface area contributed by atoms with Crippen molar-refractivity contribution in [1.82, 2.24) is 14.5 Å². The Balaban J connectivity index is 1.89. The first-order valence-corrected chi connectivity index (χ1v) is 12.8. The third-order valence-electron chi connectivity index (χ3n) is 5.98. The monoisotopic (exact) mass is 489 g/mol. The summed E-state index contributed by atoms with van der Waals surface area (Å²) < 4.78 is 6.97. The highest BCUT2D eigenvalue weighted by molar-refractivity contribution is 7.10. The van der Waals surface area contributed by atoms with Gasteiger partial charge in [0.15, 0.2) is 0 Å². The van der Waals surface area contributed by atoms with Gasteiger partial charge in [-0.05, 0) is 60.2 Å². The standard InChI is InChI=1S/C28H31N3O3S/c1-5-25(30(18-19(2)3)26(32)17-22-9-8-16-35-22)27-29-24-11-7-6-10-23(24)28(33)31(27)20-12-14-21(34-4)15-13-20/h6-16,19,25H,5,17-18H2,1-4H3. The molecule has 2 aromatic heterocycles. The number of methoxy groups -OCH3 is 1. The molecule has 1 amide bonds. The molecule has 0 aliphatic heterocycles. The van der Waals surface area contributed by atoms with Crippen LogP contribution >= 0.6 is 11.3 Å². The lowest BCUT2D eigenvalue weighted by Crippen LogP contribution is -2.41. The highest BCUT2D eigenvalue weighted by Gasteiger charge is 2.29. The number of para-hydroxylation sites is 1. The van der Waals surface area contributed by atoms with Crippen molar-refractivity contribution in [3.8, 4) is 11.4 Å². The highest BCUT2D eigenvalue weighted by Crippen LogP contribution is 2.28. The molecule has 4 rings (SSSR count). The van der Waals surface area contributed by atoms with Gasteiger partial charge in [0.05, 0.1) is 36.2 Å². The number of ether oxygens (including phenoxy) is 1. The Kier molecular flexibility index (Phi) is 7.66. The number of fused-ring (bicyclic) bond motifs is 1. The summed E-state index contributed by atoms with van der Waals surface area (Å²) in [5.74, 6) is 1.58. The molecule has 0 radical (unpaired) electrons. The van der Waals surface area contributed by atoms with Gasteiger partial charge in [-0.3, -0.25) is 14.2 Å². The van der Waals surface area contributed by atoms with Gasteiger partial charge in [0, 0.05) is 11.4 Å². The SMILES string of the molecule is CCC(c1nc2ccccc2c(=O)n1-c1ccc(OC)cc1)N(CC(C)C)C(=O)Cc1cccs1. The summed E-state index contributed by atoms with van der Waals surface area (Å²) in [5, 5.41) is 2.53. The van der Waals surface area contributed by atoms with Crippen LogP contribution in [0.25, 0.3) is 16.6 Å². The first-order valence-electron chi connectivity index (χ1n) is 11.9. The highest BCUT2D eigenvalue weighted by atomic mass is 32.1. The Bertz CT molecular complexity index is 1340. The lowest BCUT2D eigenvalue weighted by atomic mass is 10.1. The zero-order chi connectivity index (χ0) is 24.9. The minimum Gasteiger partial charge on any atom is -0.497 e. The molecule has 6 nitrogen and oxygen atoms in total. The van der Waals surface area contributed by atoms with E-state index in [1.54, 1.807) is 29.1 Å². The van der Waals surface area contributed by atoms with Gasteiger partial charge in [-0.1, -0.05) is 39.0 Å². The number of hydrogen-bond acceptors (Lipinski definition) is 5. The lowest BCUT2D eigenvalue weighted by Gasteiger charge is -2.33. The van der Waals surface area contributed by atoms with E-state index >= 15 is 0 Å². The van der Waals surface area contributed by atoms with Crippen molar-refractivity contribution in [3.05, 3.63) is 87.1 Å². The van der Waals surface area contributed by atoms with E-state index in [-0.39, 0.29) is 23.4 Å². The number of carbonyl (C=O) groups excluding carboxylic acids is 1. The zero-order valence-electron chi connectivity index (χ0n) is 20.6. The number of carbonyl (C=O) groups is 1. The smallest absolute Gasteiger partial charge is 0.266 e. The van der Waals surface area contributed by atoms with Crippen molar-refractivity contribution in [2.75, 3.05) is 13.7 Å². The van der Waals surface area contributed by atoms with E-state index in [2.05, 4.69) is 13.8 Å². The van der Waals surface area contributed by atoms with Crippen LogP contribution in [-0.2, 0) is 11.2 Å². The Morgan fingerprint density at radius 1 is 1.09 bits per heavy atom. The maximum atomic E-state index is 13.8. The van der Waals surface area contributed by atoms with E-state index in [4.69, 9.17) is 9.72 Å². The first kappa shape index (κ1) is 24.7. The van der Waals surface area contributed by atoms with E-state index in [0.29, 0.717) is 47.6 Å². The normalized spacial score (nSPS) is 12.1. The second-order valence-electron chi connectivity index (χ2n) is 8.95. The van der Waals surface area contributed by atoms with Gasteiger partial charge < -0.3 is 9.64 Å². The van der Waals surface area contributed by atoms with Crippen LogP contribution in [0, 0.1) is 5.92 Å². The maximum absolute atomic E-state index is 13.8. The molecule has 0 bridgehead atoms. The number of thiophene rings is 1. The number of nitrogens with zero attached hydrogens (tertiary/aromatic N) is 3. The van der Waals surface area contributed by atoms with E-state index < -0.39 is 0 Å². The first-order chi connectivity index (χ1) is 16.9. The number of benzene rings is 2. The topological polar surface area (TPSA) is 64.4 Å². The molecule has 4 aromatic rings. The fourth-order valence-corrected chi connectivity index (χ4v) is 5.05. The summed E-state index contributed by atoms with van der Waals surface area (Å²) in [4.78, 5) is 35.3. The molecule has 2 heterocycles. The van der Waals surface area contributed by atoms with Crippen molar-refractivity contribution in [2.45, 2.75) is 39.7 Å². The van der Waals surface area contributed by atoms with Crippen LogP contribution in [0.3, 0.4) is 0 Å². The summed E-state index contributed by atoms with van der Waals surface area (Å²) in [6.45, 7) is 6.81. The summed E-state index contributed by atoms with van der Waals surface area (Å²) in [6.07, 6.45) is 0.963. The summed E-state index contributed by atoms with van der Waals surface area (Å²) in [7, 11) is 1.61. The van der Waals surface area contributed by atoms with Crippen LogP contribution in [-0.4, -0.2) is 34.0 Å². The van der Waals surface area contributed by atoms with Gasteiger partial charge in [-0.25, -0.2) is 4.98 Å². The zero-order valence-corrected chi connectivity index (χ0v) is 21.4. The van der Waals surface area contributed by atoms with Crippen LogP contribution in [0.1, 0.15) is 43.9 Å². The molecule has 2 aromatic carbocycles. The van der Waals surface area contributed by atoms with Gasteiger partial charge in [-0.15, -0.1) is 11.3 Å². The average molecular weight is 490 g/mol. The van der Waals surface area contributed by atoms with Crippen molar-refractivity contribution >= 4 is 28.1 Å². The molecule has 0 saturated carbocycles. The molecule has 35 heavy (non-hydrogen) atoms. The molecule has 0 aliphatic carbocycles.